The van der Waals surface area contributed by atoms with Crippen molar-refractivity contribution < 1.29 is 0 Å². The topological polar surface area (TPSA) is 22.8 Å². The molecule has 8 rings (SSSR count). The lowest BCUT2D eigenvalue weighted by Gasteiger charge is -2.24. The van der Waals surface area contributed by atoms with Gasteiger partial charge in [0.1, 0.15) is 11.0 Å². The first-order valence-electron chi connectivity index (χ1n) is 13.6. The van der Waals surface area contributed by atoms with Gasteiger partial charge in [-0.2, -0.15) is 0 Å². The molecule has 4 aromatic carbocycles. The Morgan fingerprint density at radius 3 is 1.54 bits per heavy atom. The Bertz CT molecular complexity index is 1990. The number of allylic oxidation sites excluding steroid dienone is 2. The van der Waals surface area contributed by atoms with Crippen LogP contribution in [0, 0.1) is 0 Å². The summed E-state index contributed by atoms with van der Waals surface area (Å²) in [6, 6.07) is 38.9. The van der Waals surface area contributed by atoms with Gasteiger partial charge in [-0.3, -0.25) is 4.57 Å². The predicted octanol–water partition coefficient (Wildman–Crippen LogP) is 9.88. The fourth-order valence-corrected chi connectivity index (χ4v) is 6.81. The second kappa shape index (κ2) is 8.86. The first-order chi connectivity index (χ1) is 19.3. The van der Waals surface area contributed by atoms with Crippen LogP contribution in [0.1, 0.15) is 31.2 Å². The van der Waals surface area contributed by atoms with Crippen LogP contribution in [0.2, 0.25) is 5.15 Å². The molecule has 1 aliphatic rings. The highest BCUT2D eigenvalue weighted by Crippen LogP contribution is 2.41. The number of aromatic nitrogens is 3. The largest absolute Gasteiger partial charge is 0.313 e. The van der Waals surface area contributed by atoms with Crippen molar-refractivity contribution in [3.05, 3.63) is 120 Å². The number of benzene rings is 4. The number of fused-ring (bicyclic) bond motifs is 6. The molecule has 0 aliphatic heterocycles. The minimum absolute atomic E-state index is 0.518. The Labute approximate surface area is 231 Å². The summed E-state index contributed by atoms with van der Waals surface area (Å²) in [4.78, 5) is 4.86. The standard InChI is InChI=1S/C35H26ClN3/c36-34-21-23(22-35(37-34)39-32-19-9-4-14-27(32)28-15-5-10-20-33(28)39)24-11-1-6-16-29(24)38-30-17-7-2-12-25(30)26-13-3-8-18-31(26)38/h2-5,7-10,12-15,17-22H,1,6,11,16H2. The Balaban J connectivity index is 1.41. The van der Waals surface area contributed by atoms with Crippen LogP contribution in [-0.4, -0.2) is 14.1 Å². The van der Waals surface area contributed by atoms with Gasteiger partial charge in [0.2, 0.25) is 0 Å². The normalized spacial score (nSPS) is 14.3. The van der Waals surface area contributed by atoms with Gasteiger partial charge in [-0.25, -0.2) is 4.98 Å². The number of pyridine rings is 1. The van der Waals surface area contributed by atoms with Gasteiger partial charge in [0.15, 0.2) is 0 Å². The molecule has 0 N–H and O–H groups in total. The van der Waals surface area contributed by atoms with Crippen molar-refractivity contribution in [3.63, 3.8) is 0 Å². The first-order valence-corrected chi connectivity index (χ1v) is 14.0. The van der Waals surface area contributed by atoms with E-state index in [1.807, 2.05) is 6.07 Å². The third-order valence-corrected chi connectivity index (χ3v) is 8.42. The smallest absolute Gasteiger partial charge is 0.139 e. The summed E-state index contributed by atoms with van der Waals surface area (Å²) in [5, 5.41) is 5.55. The highest BCUT2D eigenvalue weighted by atomic mass is 35.5. The molecule has 0 spiro atoms. The van der Waals surface area contributed by atoms with Gasteiger partial charge >= 0.3 is 0 Å². The van der Waals surface area contributed by atoms with Crippen LogP contribution in [0.3, 0.4) is 0 Å². The number of hydrogen-bond acceptors (Lipinski definition) is 1. The van der Waals surface area contributed by atoms with Crippen LogP contribution in [0.25, 0.3) is 60.7 Å². The van der Waals surface area contributed by atoms with Crippen molar-refractivity contribution in [1.29, 1.82) is 0 Å². The second-order valence-electron chi connectivity index (χ2n) is 10.4. The molecule has 0 saturated carbocycles. The van der Waals surface area contributed by atoms with Crippen molar-refractivity contribution in [2.75, 3.05) is 0 Å². The Kier molecular flexibility index (Phi) is 5.14. The van der Waals surface area contributed by atoms with E-state index >= 15 is 0 Å². The second-order valence-corrected chi connectivity index (χ2v) is 10.8. The summed E-state index contributed by atoms with van der Waals surface area (Å²) in [6.45, 7) is 0. The first kappa shape index (κ1) is 22.6. The molecule has 188 valence electrons. The lowest BCUT2D eigenvalue weighted by atomic mass is 9.91. The minimum Gasteiger partial charge on any atom is -0.313 e. The molecule has 3 nitrogen and oxygen atoms in total. The SMILES string of the molecule is Clc1cc(C2=C(n3c4ccccc4c4ccccc43)CCCC2)cc(-n2c3ccccc3c3ccccc32)n1. The van der Waals surface area contributed by atoms with E-state index < -0.39 is 0 Å². The summed E-state index contributed by atoms with van der Waals surface area (Å²) in [5.41, 5.74) is 8.68. The molecule has 39 heavy (non-hydrogen) atoms. The van der Waals surface area contributed by atoms with Crippen LogP contribution < -0.4 is 0 Å². The van der Waals surface area contributed by atoms with Crippen LogP contribution in [0.4, 0.5) is 0 Å². The van der Waals surface area contributed by atoms with E-state index in [1.165, 1.54) is 56.7 Å². The minimum atomic E-state index is 0.518. The summed E-state index contributed by atoms with van der Waals surface area (Å²) in [6.07, 6.45) is 4.39. The third kappa shape index (κ3) is 3.47. The van der Waals surface area contributed by atoms with Gasteiger partial charge in [-0.15, -0.1) is 0 Å². The fourth-order valence-electron chi connectivity index (χ4n) is 6.60. The zero-order valence-electron chi connectivity index (χ0n) is 21.4. The van der Waals surface area contributed by atoms with Gasteiger partial charge in [-0.1, -0.05) is 84.4 Å². The maximum absolute atomic E-state index is 6.80. The van der Waals surface area contributed by atoms with Crippen molar-refractivity contribution in [2.45, 2.75) is 25.7 Å². The molecular weight excluding hydrogens is 498 g/mol. The van der Waals surface area contributed by atoms with Gasteiger partial charge < -0.3 is 4.57 Å². The molecule has 3 heterocycles. The van der Waals surface area contributed by atoms with E-state index in [0.29, 0.717) is 5.15 Å². The molecule has 3 aromatic heterocycles. The highest BCUT2D eigenvalue weighted by Gasteiger charge is 2.22. The monoisotopic (exact) mass is 523 g/mol. The molecule has 1 aliphatic carbocycles. The van der Waals surface area contributed by atoms with Crippen molar-refractivity contribution in [1.82, 2.24) is 14.1 Å². The number of para-hydroxylation sites is 4. The highest BCUT2D eigenvalue weighted by molar-refractivity contribution is 6.29. The summed E-state index contributed by atoms with van der Waals surface area (Å²) in [7, 11) is 0. The lowest BCUT2D eigenvalue weighted by molar-refractivity contribution is 0.735. The fraction of sp³-hybridized carbons (Fsp3) is 0.114. The van der Waals surface area contributed by atoms with E-state index in [9.17, 15) is 0 Å². The number of hydrogen-bond donors (Lipinski definition) is 0. The summed E-state index contributed by atoms with van der Waals surface area (Å²) >= 11 is 6.80. The number of halogens is 1. The van der Waals surface area contributed by atoms with E-state index in [2.05, 4.69) is 112 Å². The molecule has 7 aromatic rings. The molecule has 0 saturated heterocycles. The Morgan fingerprint density at radius 2 is 1.00 bits per heavy atom. The Hall–Kier alpha value is -4.34. The van der Waals surface area contributed by atoms with Crippen molar-refractivity contribution >= 4 is 66.5 Å². The summed E-state index contributed by atoms with van der Waals surface area (Å²) in [5.74, 6) is 0.856. The molecular formula is C35H26ClN3. The van der Waals surface area contributed by atoms with E-state index in [0.717, 1.165) is 35.3 Å². The molecule has 0 unspecified atom stereocenters. The maximum Gasteiger partial charge on any atom is 0.139 e. The van der Waals surface area contributed by atoms with E-state index in [-0.39, 0.29) is 0 Å². The van der Waals surface area contributed by atoms with E-state index in [4.69, 9.17) is 16.6 Å². The molecule has 0 radical (unpaired) electrons. The van der Waals surface area contributed by atoms with Gasteiger partial charge in [0.05, 0.1) is 22.1 Å². The third-order valence-electron chi connectivity index (χ3n) is 8.23. The van der Waals surface area contributed by atoms with Crippen molar-refractivity contribution in [2.24, 2.45) is 0 Å². The molecule has 0 fully saturated rings. The van der Waals surface area contributed by atoms with E-state index in [1.54, 1.807) is 0 Å². The maximum atomic E-state index is 6.80. The van der Waals surface area contributed by atoms with Crippen LogP contribution in [-0.2, 0) is 0 Å². The number of rotatable bonds is 3. The molecule has 4 heteroatoms. The van der Waals surface area contributed by atoms with Crippen molar-refractivity contribution in [3.8, 4) is 5.82 Å². The number of nitrogens with zero attached hydrogens (tertiary/aromatic N) is 3. The quantitative estimate of drug-likeness (QED) is 0.211. The molecule has 0 amide bonds. The summed E-state index contributed by atoms with van der Waals surface area (Å²) < 4.78 is 4.75. The van der Waals surface area contributed by atoms with Gasteiger partial charge in [0, 0.05) is 27.2 Å². The van der Waals surface area contributed by atoms with Gasteiger partial charge in [0.25, 0.3) is 0 Å². The predicted molar refractivity (Wildman–Crippen MR) is 165 cm³/mol. The van der Waals surface area contributed by atoms with Crippen LogP contribution in [0.15, 0.2) is 109 Å². The average Bonchev–Trinajstić information content (AvgIpc) is 3.50. The zero-order chi connectivity index (χ0) is 25.9. The molecule has 0 atom stereocenters. The average molecular weight is 524 g/mol. The lowest BCUT2D eigenvalue weighted by Crippen LogP contribution is -2.07. The van der Waals surface area contributed by atoms with Crippen LogP contribution >= 0.6 is 11.6 Å². The van der Waals surface area contributed by atoms with Gasteiger partial charge in [-0.05, 0) is 73.2 Å². The zero-order valence-corrected chi connectivity index (χ0v) is 22.2. The molecule has 0 bridgehead atoms. The Morgan fingerprint density at radius 1 is 0.538 bits per heavy atom. The van der Waals surface area contributed by atoms with Crippen LogP contribution in [0.5, 0.6) is 0 Å².